The fourth-order valence-corrected chi connectivity index (χ4v) is 2.67. The molecule has 0 fully saturated rings. The van der Waals surface area contributed by atoms with Crippen molar-refractivity contribution in [3.05, 3.63) is 58.2 Å². The predicted molar refractivity (Wildman–Crippen MR) is 76.5 cm³/mol. The zero-order valence-corrected chi connectivity index (χ0v) is 11.7. The Hall–Kier alpha value is -1.34. The Kier molecular flexibility index (Phi) is 3.72. The Morgan fingerprint density at radius 2 is 1.89 bits per heavy atom. The van der Waals surface area contributed by atoms with Gasteiger partial charge in [0.1, 0.15) is 0 Å². The minimum atomic E-state index is -0.398. The summed E-state index contributed by atoms with van der Waals surface area (Å²) in [4.78, 5) is 0. The summed E-state index contributed by atoms with van der Waals surface area (Å²) in [6, 6.07) is 6.18. The van der Waals surface area contributed by atoms with Gasteiger partial charge in [0, 0.05) is 5.92 Å². The second-order valence-corrected chi connectivity index (χ2v) is 5.34. The van der Waals surface area contributed by atoms with E-state index < -0.39 is 6.10 Å². The lowest BCUT2D eigenvalue weighted by atomic mass is 9.80. The van der Waals surface area contributed by atoms with Crippen molar-refractivity contribution in [2.24, 2.45) is 5.92 Å². The van der Waals surface area contributed by atoms with Crippen LogP contribution in [0.1, 0.15) is 43.1 Å². The molecule has 2 rings (SSSR count). The lowest BCUT2D eigenvalue weighted by Gasteiger charge is -2.28. The van der Waals surface area contributed by atoms with Crippen LogP contribution < -0.4 is 0 Å². The number of hydrogen-bond donors (Lipinski definition) is 1. The van der Waals surface area contributed by atoms with Gasteiger partial charge < -0.3 is 5.11 Å². The molecule has 2 atom stereocenters. The molecule has 1 aromatic carbocycles. The fraction of sp³-hybridized carbons (Fsp3) is 0.412. The molecule has 1 heteroatoms. The Morgan fingerprint density at radius 3 is 2.61 bits per heavy atom. The van der Waals surface area contributed by atoms with Crippen LogP contribution in [-0.2, 0) is 0 Å². The number of aliphatic hydroxyl groups excluding tert-OH is 1. The number of hydrogen-bond acceptors (Lipinski definition) is 1. The summed E-state index contributed by atoms with van der Waals surface area (Å²) >= 11 is 0. The van der Waals surface area contributed by atoms with Crippen LogP contribution in [0.2, 0.25) is 0 Å². The van der Waals surface area contributed by atoms with Gasteiger partial charge in [0.15, 0.2) is 0 Å². The third-order valence-electron chi connectivity index (χ3n) is 4.28. The quantitative estimate of drug-likeness (QED) is 0.822. The number of benzene rings is 1. The Morgan fingerprint density at radius 1 is 1.17 bits per heavy atom. The van der Waals surface area contributed by atoms with Gasteiger partial charge in [-0.2, -0.15) is 0 Å². The highest BCUT2D eigenvalue weighted by Gasteiger charge is 2.25. The highest BCUT2D eigenvalue weighted by molar-refractivity contribution is 5.38. The molecular weight excluding hydrogens is 220 g/mol. The predicted octanol–water partition coefficient (Wildman–Crippen LogP) is 4.25. The van der Waals surface area contributed by atoms with E-state index in [0.717, 1.165) is 12.0 Å². The molecule has 2 unspecified atom stereocenters. The second kappa shape index (κ2) is 5.11. The van der Waals surface area contributed by atoms with Crippen molar-refractivity contribution in [1.82, 2.24) is 0 Å². The molecule has 18 heavy (non-hydrogen) atoms. The van der Waals surface area contributed by atoms with Crippen molar-refractivity contribution in [2.45, 2.75) is 40.2 Å². The first-order chi connectivity index (χ1) is 8.52. The zero-order chi connectivity index (χ0) is 13.3. The summed E-state index contributed by atoms with van der Waals surface area (Å²) in [5.74, 6) is 0.218. The van der Waals surface area contributed by atoms with E-state index in [1.807, 2.05) is 12.1 Å². The molecule has 1 aliphatic rings. The maximum Gasteiger partial charge on any atom is 0.0861 e. The molecule has 1 aliphatic carbocycles. The molecule has 0 saturated heterocycles. The van der Waals surface area contributed by atoms with Crippen LogP contribution >= 0.6 is 0 Å². The number of aliphatic hydroxyl groups is 1. The van der Waals surface area contributed by atoms with Crippen molar-refractivity contribution in [3.8, 4) is 0 Å². The molecule has 0 aromatic heterocycles. The SMILES string of the molecule is CC1=C(C)C(C(O)c2cccc(C)c2C)CC=C1. The molecule has 0 saturated carbocycles. The number of allylic oxidation sites excluding steroid dienone is 3. The van der Waals surface area contributed by atoms with Crippen molar-refractivity contribution >= 4 is 0 Å². The van der Waals surface area contributed by atoms with Gasteiger partial charge in [-0.25, -0.2) is 0 Å². The Bertz CT molecular complexity index is 508. The molecule has 0 bridgehead atoms. The van der Waals surface area contributed by atoms with Gasteiger partial charge in [-0.05, 0) is 50.8 Å². The minimum absolute atomic E-state index is 0.218. The summed E-state index contributed by atoms with van der Waals surface area (Å²) in [7, 11) is 0. The van der Waals surface area contributed by atoms with E-state index in [0.29, 0.717) is 0 Å². The zero-order valence-electron chi connectivity index (χ0n) is 11.7. The van der Waals surface area contributed by atoms with Crippen LogP contribution in [0.5, 0.6) is 0 Å². The minimum Gasteiger partial charge on any atom is -0.388 e. The highest BCUT2D eigenvalue weighted by Crippen LogP contribution is 2.36. The van der Waals surface area contributed by atoms with Gasteiger partial charge >= 0.3 is 0 Å². The first-order valence-electron chi connectivity index (χ1n) is 6.60. The van der Waals surface area contributed by atoms with Gasteiger partial charge in [-0.1, -0.05) is 41.5 Å². The molecule has 1 N–H and O–H groups in total. The first kappa shape index (κ1) is 13.1. The van der Waals surface area contributed by atoms with E-state index in [-0.39, 0.29) is 5.92 Å². The summed E-state index contributed by atoms with van der Waals surface area (Å²) in [6.07, 6.45) is 4.85. The summed E-state index contributed by atoms with van der Waals surface area (Å²) < 4.78 is 0. The van der Waals surface area contributed by atoms with Gasteiger partial charge in [-0.3, -0.25) is 0 Å². The second-order valence-electron chi connectivity index (χ2n) is 5.34. The third kappa shape index (κ3) is 2.28. The van der Waals surface area contributed by atoms with Crippen LogP contribution in [0.3, 0.4) is 0 Å². The van der Waals surface area contributed by atoms with Crippen LogP contribution in [0.25, 0.3) is 0 Å². The van der Waals surface area contributed by atoms with Crippen molar-refractivity contribution < 1.29 is 5.11 Å². The largest absolute Gasteiger partial charge is 0.388 e. The summed E-state index contributed by atoms with van der Waals surface area (Å²) in [5.41, 5.74) is 6.13. The lowest BCUT2D eigenvalue weighted by Crippen LogP contribution is -2.17. The number of rotatable bonds is 2. The molecule has 0 heterocycles. The van der Waals surface area contributed by atoms with E-state index in [1.54, 1.807) is 0 Å². The molecule has 0 spiro atoms. The number of aryl methyl sites for hydroxylation is 1. The van der Waals surface area contributed by atoms with E-state index in [2.05, 4.69) is 45.9 Å². The average Bonchev–Trinajstić information content (AvgIpc) is 2.35. The standard InChI is InChI=1S/C17H22O/c1-11-7-5-9-15(13(11)3)17(18)16-10-6-8-12(2)14(16)4/h5-9,16-18H,10H2,1-4H3. The van der Waals surface area contributed by atoms with Crippen LogP contribution in [0, 0.1) is 19.8 Å². The van der Waals surface area contributed by atoms with E-state index in [4.69, 9.17) is 0 Å². The molecule has 1 aromatic rings. The van der Waals surface area contributed by atoms with E-state index >= 15 is 0 Å². The molecule has 0 aliphatic heterocycles. The highest BCUT2D eigenvalue weighted by atomic mass is 16.3. The Labute approximate surface area is 110 Å². The van der Waals surface area contributed by atoms with Gasteiger partial charge in [0.05, 0.1) is 6.10 Å². The Balaban J connectivity index is 2.35. The monoisotopic (exact) mass is 242 g/mol. The van der Waals surface area contributed by atoms with Crippen LogP contribution in [0.4, 0.5) is 0 Å². The van der Waals surface area contributed by atoms with E-state index in [9.17, 15) is 5.11 Å². The smallest absolute Gasteiger partial charge is 0.0861 e. The van der Waals surface area contributed by atoms with Gasteiger partial charge in [-0.15, -0.1) is 0 Å². The van der Waals surface area contributed by atoms with Gasteiger partial charge in [0.2, 0.25) is 0 Å². The molecular formula is C17H22O. The van der Waals surface area contributed by atoms with Crippen molar-refractivity contribution in [3.63, 3.8) is 0 Å². The maximum absolute atomic E-state index is 10.7. The molecule has 96 valence electrons. The molecule has 0 amide bonds. The maximum atomic E-state index is 10.7. The summed E-state index contributed by atoms with van der Waals surface area (Å²) in [5, 5.41) is 10.7. The van der Waals surface area contributed by atoms with Crippen molar-refractivity contribution in [2.75, 3.05) is 0 Å². The normalized spacial score (nSPS) is 21.3. The lowest BCUT2D eigenvalue weighted by molar-refractivity contribution is 0.125. The third-order valence-corrected chi connectivity index (χ3v) is 4.28. The van der Waals surface area contributed by atoms with Gasteiger partial charge in [0.25, 0.3) is 0 Å². The van der Waals surface area contributed by atoms with Crippen LogP contribution in [0.15, 0.2) is 41.5 Å². The van der Waals surface area contributed by atoms with E-state index in [1.165, 1.54) is 22.3 Å². The first-order valence-corrected chi connectivity index (χ1v) is 6.60. The summed E-state index contributed by atoms with van der Waals surface area (Å²) in [6.45, 7) is 8.45. The molecule has 0 radical (unpaired) electrons. The molecule has 1 nitrogen and oxygen atoms in total. The van der Waals surface area contributed by atoms with Crippen LogP contribution in [-0.4, -0.2) is 5.11 Å². The average molecular weight is 242 g/mol. The topological polar surface area (TPSA) is 20.2 Å². The van der Waals surface area contributed by atoms with Crippen molar-refractivity contribution in [1.29, 1.82) is 0 Å². The fourth-order valence-electron chi connectivity index (χ4n) is 2.67.